The van der Waals surface area contributed by atoms with Crippen LogP contribution in [0.2, 0.25) is 0 Å². The first-order chi connectivity index (χ1) is 12.6. The van der Waals surface area contributed by atoms with Crippen LogP contribution in [0.3, 0.4) is 0 Å². The van der Waals surface area contributed by atoms with Gasteiger partial charge in [-0.25, -0.2) is 0 Å². The van der Waals surface area contributed by atoms with E-state index in [2.05, 4.69) is 50.0 Å². The lowest BCUT2D eigenvalue weighted by Gasteiger charge is -2.00. The maximum atomic E-state index is 8.48. The van der Waals surface area contributed by atoms with E-state index < -0.39 is 0 Å². The molecule has 142 valence electrons. The van der Waals surface area contributed by atoms with Gasteiger partial charge < -0.3 is 10.4 Å². The predicted octanol–water partition coefficient (Wildman–Crippen LogP) is 6.66. The Hall–Kier alpha value is -2.32. The van der Waals surface area contributed by atoms with Crippen molar-refractivity contribution in [2.75, 3.05) is 12.0 Å². The van der Waals surface area contributed by atoms with E-state index in [0.717, 1.165) is 12.1 Å². The van der Waals surface area contributed by atoms with Crippen LogP contribution >= 0.6 is 0 Å². The fourth-order valence-electron chi connectivity index (χ4n) is 1.93. The van der Waals surface area contributed by atoms with Crippen molar-refractivity contribution in [2.45, 2.75) is 46.5 Å². The first-order valence-electron chi connectivity index (χ1n) is 9.33. The van der Waals surface area contributed by atoms with Gasteiger partial charge in [-0.15, -0.1) is 6.58 Å². The van der Waals surface area contributed by atoms with Gasteiger partial charge in [-0.2, -0.15) is 0 Å². The van der Waals surface area contributed by atoms with Crippen molar-refractivity contribution < 1.29 is 5.11 Å². The summed E-state index contributed by atoms with van der Waals surface area (Å²) in [5.74, 6) is 0. The SMILES string of the molecule is C=CC/C=C\CCCC.Cc1ccc(NCO)cc1.Cc1ccccc1. The Morgan fingerprint density at radius 3 is 2.00 bits per heavy atom. The summed E-state index contributed by atoms with van der Waals surface area (Å²) in [4.78, 5) is 0. The van der Waals surface area contributed by atoms with Crippen molar-refractivity contribution in [3.63, 3.8) is 0 Å². The lowest BCUT2D eigenvalue weighted by molar-refractivity contribution is 0.325. The lowest BCUT2D eigenvalue weighted by Crippen LogP contribution is -1.98. The molecule has 0 unspecified atom stereocenters. The highest BCUT2D eigenvalue weighted by Gasteiger charge is 1.86. The molecule has 0 spiro atoms. The second kappa shape index (κ2) is 17.5. The number of unbranched alkanes of at least 4 members (excludes halogenated alkanes) is 2. The summed E-state index contributed by atoms with van der Waals surface area (Å²) in [5, 5.41) is 11.3. The van der Waals surface area contributed by atoms with Crippen molar-refractivity contribution in [2.24, 2.45) is 0 Å². The van der Waals surface area contributed by atoms with E-state index >= 15 is 0 Å². The van der Waals surface area contributed by atoms with Gasteiger partial charge in [0, 0.05) is 5.69 Å². The number of nitrogens with one attached hydrogen (secondary N) is 1. The Balaban J connectivity index is 0.000000366. The normalized spacial score (nSPS) is 9.54. The van der Waals surface area contributed by atoms with Gasteiger partial charge in [-0.3, -0.25) is 0 Å². The third kappa shape index (κ3) is 15.2. The number of benzene rings is 2. The third-order valence-electron chi connectivity index (χ3n) is 3.47. The molecule has 2 N–H and O–H groups in total. The minimum Gasteiger partial charge on any atom is -0.377 e. The molecule has 2 rings (SSSR count). The van der Waals surface area contributed by atoms with Crippen LogP contribution in [-0.2, 0) is 0 Å². The molecule has 0 amide bonds. The van der Waals surface area contributed by atoms with Crippen molar-refractivity contribution >= 4 is 5.69 Å². The molecule has 0 aromatic heterocycles. The number of hydrogen-bond donors (Lipinski definition) is 2. The highest BCUT2D eigenvalue weighted by molar-refractivity contribution is 5.43. The largest absolute Gasteiger partial charge is 0.377 e. The predicted molar refractivity (Wildman–Crippen MR) is 117 cm³/mol. The molecule has 2 heteroatoms. The number of allylic oxidation sites excluding steroid dienone is 3. The average Bonchev–Trinajstić information content (AvgIpc) is 2.66. The molecule has 26 heavy (non-hydrogen) atoms. The van der Waals surface area contributed by atoms with Crippen LogP contribution in [0.5, 0.6) is 0 Å². The second-order valence-electron chi connectivity index (χ2n) is 5.99. The summed E-state index contributed by atoms with van der Waals surface area (Å²) in [5.41, 5.74) is 3.50. The third-order valence-corrected chi connectivity index (χ3v) is 3.47. The smallest absolute Gasteiger partial charge is 0.113 e. The zero-order valence-corrected chi connectivity index (χ0v) is 16.6. The van der Waals surface area contributed by atoms with Crippen molar-refractivity contribution in [3.05, 3.63) is 90.5 Å². The quantitative estimate of drug-likeness (QED) is 0.331. The van der Waals surface area contributed by atoms with E-state index in [1.807, 2.05) is 55.5 Å². The van der Waals surface area contributed by atoms with E-state index in [9.17, 15) is 0 Å². The molecule has 0 aliphatic rings. The molecule has 0 saturated carbocycles. The van der Waals surface area contributed by atoms with Crippen LogP contribution in [0, 0.1) is 13.8 Å². The molecule has 2 aromatic rings. The molecule has 2 nitrogen and oxygen atoms in total. The molecule has 0 atom stereocenters. The Morgan fingerprint density at radius 1 is 0.923 bits per heavy atom. The summed E-state index contributed by atoms with van der Waals surface area (Å²) < 4.78 is 0. The fourth-order valence-corrected chi connectivity index (χ4v) is 1.93. The van der Waals surface area contributed by atoms with Gasteiger partial charge in [0.1, 0.15) is 6.73 Å². The molecule has 0 bridgehead atoms. The average molecular weight is 354 g/mol. The van der Waals surface area contributed by atoms with Crippen LogP contribution in [0.4, 0.5) is 5.69 Å². The minimum atomic E-state index is -0.0109. The van der Waals surface area contributed by atoms with E-state index in [1.165, 1.54) is 30.4 Å². The zero-order valence-electron chi connectivity index (χ0n) is 16.6. The number of aryl methyl sites for hydroxylation is 2. The Bertz CT molecular complexity index is 573. The molecular weight excluding hydrogens is 318 g/mol. The molecule has 0 saturated heterocycles. The van der Waals surface area contributed by atoms with Crippen molar-refractivity contribution in [1.82, 2.24) is 0 Å². The van der Waals surface area contributed by atoms with Gasteiger partial charge in [0.2, 0.25) is 0 Å². The Labute approximate surface area is 160 Å². The van der Waals surface area contributed by atoms with Crippen LogP contribution in [0.25, 0.3) is 0 Å². The lowest BCUT2D eigenvalue weighted by atomic mass is 10.2. The minimum absolute atomic E-state index is 0.0109. The topological polar surface area (TPSA) is 32.3 Å². The molecular formula is C24H35NO. The number of anilines is 1. The second-order valence-corrected chi connectivity index (χ2v) is 5.99. The number of hydrogen-bond acceptors (Lipinski definition) is 2. The van der Waals surface area contributed by atoms with Crippen LogP contribution < -0.4 is 5.32 Å². The van der Waals surface area contributed by atoms with Gasteiger partial charge >= 0.3 is 0 Å². The molecule has 0 heterocycles. The summed E-state index contributed by atoms with van der Waals surface area (Å²) in [7, 11) is 0. The van der Waals surface area contributed by atoms with E-state index in [0.29, 0.717) is 0 Å². The Morgan fingerprint density at radius 2 is 1.54 bits per heavy atom. The summed E-state index contributed by atoms with van der Waals surface area (Å²) in [6, 6.07) is 18.1. The van der Waals surface area contributed by atoms with Crippen LogP contribution in [-0.4, -0.2) is 11.8 Å². The van der Waals surface area contributed by atoms with Crippen molar-refractivity contribution in [3.8, 4) is 0 Å². The van der Waals surface area contributed by atoms with Crippen LogP contribution in [0.15, 0.2) is 79.4 Å². The van der Waals surface area contributed by atoms with Gasteiger partial charge in [0.25, 0.3) is 0 Å². The van der Waals surface area contributed by atoms with E-state index in [-0.39, 0.29) is 6.73 Å². The maximum Gasteiger partial charge on any atom is 0.113 e. The first kappa shape index (κ1) is 23.7. The number of aliphatic hydroxyl groups is 1. The molecule has 0 aliphatic carbocycles. The molecule has 2 aromatic carbocycles. The maximum absolute atomic E-state index is 8.48. The standard InChI is InChI=1S/C9H16.C8H11NO.C7H8/c1-3-5-7-9-8-6-4-2;1-7-2-4-8(5-3-7)9-6-10;1-7-5-3-2-4-6-7/h3,7,9H,1,4-6,8H2,2H3;2-5,9-10H,6H2,1H3;2-6H,1H3/b9-7-;;. The molecule has 0 aliphatic heterocycles. The van der Waals surface area contributed by atoms with Gasteiger partial charge in [0.15, 0.2) is 0 Å². The van der Waals surface area contributed by atoms with Crippen LogP contribution in [0.1, 0.15) is 43.7 Å². The summed E-state index contributed by atoms with van der Waals surface area (Å²) in [6.45, 7) is 9.94. The Kier molecular flexibility index (Phi) is 15.9. The van der Waals surface area contributed by atoms with E-state index in [4.69, 9.17) is 5.11 Å². The number of rotatable bonds is 7. The molecule has 0 fully saturated rings. The zero-order chi connectivity index (χ0) is 19.5. The highest BCUT2D eigenvalue weighted by atomic mass is 16.3. The highest BCUT2D eigenvalue weighted by Crippen LogP contribution is 2.07. The van der Waals surface area contributed by atoms with E-state index in [1.54, 1.807) is 0 Å². The van der Waals surface area contributed by atoms with Gasteiger partial charge in [0.05, 0.1) is 0 Å². The first-order valence-corrected chi connectivity index (χ1v) is 9.33. The monoisotopic (exact) mass is 353 g/mol. The summed E-state index contributed by atoms with van der Waals surface area (Å²) >= 11 is 0. The summed E-state index contributed by atoms with van der Waals surface area (Å²) in [6.07, 6.45) is 11.2. The molecule has 0 radical (unpaired) electrons. The number of aliphatic hydroxyl groups excluding tert-OH is 1. The fraction of sp³-hybridized carbons (Fsp3) is 0.333. The van der Waals surface area contributed by atoms with Crippen molar-refractivity contribution in [1.29, 1.82) is 0 Å². The van der Waals surface area contributed by atoms with Gasteiger partial charge in [-0.1, -0.05) is 91.6 Å². The van der Waals surface area contributed by atoms with Gasteiger partial charge in [-0.05, 0) is 38.8 Å².